The number of hydrogen-bond donors (Lipinski definition) is 1. The summed E-state index contributed by atoms with van der Waals surface area (Å²) in [6.07, 6.45) is 1.02. The van der Waals surface area contributed by atoms with Crippen molar-refractivity contribution in [1.29, 1.82) is 0 Å². The number of nitrogens with one attached hydrogen (secondary N) is 1. The smallest absolute Gasteiger partial charge is 0.244 e. The third-order valence-corrected chi connectivity index (χ3v) is 7.87. The van der Waals surface area contributed by atoms with Gasteiger partial charge in [-0.15, -0.1) is 0 Å². The number of benzene rings is 3. The topological polar surface area (TPSA) is 96.0 Å². The molecule has 0 aliphatic heterocycles. The van der Waals surface area contributed by atoms with Crippen LogP contribution in [0.1, 0.15) is 26.3 Å². The molecule has 3 aromatic rings. The van der Waals surface area contributed by atoms with Crippen molar-refractivity contribution in [2.24, 2.45) is 5.92 Å². The lowest BCUT2D eigenvalue weighted by molar-refractivity contribution is -0.139. The van der Waals surface area contributed by atoms with E-state index in [-0.39, 0.29) is 24.1 Å². The molecule has 0 saturated heterocycles. The van der Waals surface area contributed by atoms with Gasteiger partial charge in [-0.25, -0.2) is 8.42 Å². The van der Waals surface area contributed by atoms with Gasteiger partial charge in [0.2, 0.25) is 21.8 Å². The first-order valence-electron chi connectivity index (χ1n) is 12.7. The normalized spacial score (nSPS) is 12.1. The average Bonchev–Trinajstić information content (AvgIpc) is 2.90. The highest BCUT2D eigenvalue weighted by atomic mass is 35.5. The maximum atomic E-state index is 13.7. The molecule has 214 valence electrons. The molecule has 3 rings (SSSR count). The van der Waals surface area contributed by atoms with Gasteiger partial charge in [-0.1, -0.05) is 61.3 Å². The van der Waals surface area contributed by atoms with Crippen LogP contribution in [0.4, 0.5) is 5.69 Å². The van der Waals surface area contributed by atoms with E-state index in [1.807, 2.05) is 32.0 Å². The van der Waals surface area contributed by atoms with Crippen molar-refractivity contribution < 1.29 is 22.7 Å². The lowest BCUT2D eigenvalue weighted by atomic mass is 10.1. The first-order valence-corrected chi connectivity index (χ1v) is 15.3. The van der Waals surface area contributed by atoms with E-state index in [0.29, 0.717) is 33.7 Å². The van der Waals surface area contributed by atoms with Gasteiger partial charge in [0, 0.05) is 28.7 Å². The monoisotopic (exact) mass is 605 g/mol. The summed E-state index contributed by atoms with van der Waals surface area (Å²) in [7, 11) is -3.88. The molecule has 1 N–H and O–H groups in total. The largest absolute Gasteiger partial charge is 0.457 e. The van der Waals surface area contributed by atoms with Gasteiger partial charge in [0.15, 0.2) is 0 Å². The van der Waals surface area contributed by atoms with Crippen molar-refractivity contribution in [1.82, 2.24) is 10.2 Å². The molecule has 0 radical (unpaired) electrons. The maximum Gasteiger partial charge on any atom is 0.244 e. The standard InChI is InChI=1S/C29H33Cl2N3O5S/c1-20(2)17-32-29(36)21(3)33(18-25-26(30)11-8-12-27(25)31)28(35)19-34(40(4,37)38)22-13-15-24(16-14-22)39-23-9-6-5-7-10-23/h5-16,20-21H,17-19H2,1-4H3,(H,32,36)/t21-/m0/s1. The summed E-state index contributed by atoms with van der Waals surface area (Å²) in [5.74, 6) is 0.355. The summed E-state index contributed by atoms with van der Waals surface area (Å²) in [5, 5.41) is 3.48. The number of halogens is 2. The number of para-hydroxylation sites is 1. The third kappa shape index (κ3) is 8.61. The average molecular weight is 607 g/mol. The summed E-state index contributed by atoms with van der Waals surface area (Å²) in [4.78, 5) is 28.0. The van der Waals surface area contributed by atoms with Gasteiger partial charge in [-0.2, -0.15) is 0 Å². The molecule has 0 fully saturated rings. The fraction of sp³-hybridized carbons (Fsp3) is 0.310. The molecule has 0 aromatic heterocycles. The van der Waals surface area contributed by atoms with Gasteiger partial charge in [0.25, 0.3) is 0 Å². The molecule has 1 atom stereocenters. The van der Waals surface area contributed by atoms with Gasteiger partial charge in [0.05, 0.1) is 11.9 Å². The van der Waals surface area contributed by atoms with Crippen LogP contribution in [0, 0.1) is 5.92 Å². The molecule has 11 heteroatoms. The van der Waals surface area contributed by atoms with Crippen molar-refractivity contribution in [3.05, 3.63) is 88.4 Å². The minimum Gasteiger partial charge on any atom is -0.457 e. The Balaban J connectivity index is 1.89. The summed E-state index contributed by atoms with van der Waals surface area (Å²) in [6.45, 7) is 5.29. The quantitative estimate of drug-likeness (QED) is 0.284. The Morgan fingerprint density at radius 1 is 0.875 bits per heavy atom. The second-order valence-corrected chi connectivity index (χ2v) is 12.4. The van der Waals surface area contributed by atoms with Crippen LogP contribution in [0.5, 0.6) is 11.5 Å². The molecule has 8 nitrogen and oxygen atoms in total. The van der Waals surface area contributed by atoms with Gasteiger partial charge in [0.1, 0.15) is 24.1 Å². The molecule has 0 heterocycles. The second-order valence-electron chi connectivity index (χ2n) is 9.72. The number of amides is 2. The number of anilines is 1. The summed E-state index contributed by atoms with van der Waals surface area (Å²) in [6, 6.07) is 19.5. The lowest BCUT2D eigenvalue weighted by Gasteiger charge is -2.32. The predicted molar refractivity (Wildman–Crippen MR) is 159 cm³/mol. The van der Waals surface area contributed by atoms with E-state index in [1.54, 1.807) is 61.5 Å². The molecule has 3 aromatic carbocycles. The Morgan fingerprint density at radius 3 is 2.00 bits per heavy atom. The zero-order chi connectivity index (χ0) is 29.4. The van der Waals surface area contributed by atoms with E-state index in [2.05, 4.69) is 5.32 Å². The Hall–Kier alpha value is -3.27. The van der Waals surface area contributed by atoms with E-state index in [1.165, 1.54) is 4.90 Å². The second kappa shape index (κ2) is 13.9. The molecule has 0 unspecified atom stereocenters. The molecule has 0 aliphatic carbocycles. The van der Waals surface area contributed by atoms with Crippen LogP contribution in [0.25, 0.3) is 0 Å². The van der Waals surface area contributed by atoms with Gasteiger partial charge >= 0.3 is 0 Å². The van der Waals surface area contributed by atoms with Gasteiger partial charge < -0.3 is 15.0 Å². The molecular weight excluding hydrogens is 573 g/mol. The first-order chi connectivity index (χ1) is 18.9. The van der Waals surface area contributed by atoms with Crippen LogP contribution in [0.3, 0.4) is 0 Å². The van der Waals surface area contributed by atoms with Crippen LogP contribution in [-0.2, 0) is 26.2 Å². The van der Waals surface area contributed by atoms with Crippen LogP contribution in [0.15, 0.2) is 72.8 Å². The minimum absolute atomic E-state index is 0.0882. The highest BCUT2D eigenvalue weighted by Crippen LogP contribution is 2.28. The zero-order valence-corrected chi connectivity index (χ0v) is 25.1. The Kier molecular flexibility index (Phi) is 10.8. The number of ether oxygens (including phenoxy) is 1. The Labute approximate surface area is 245 Å². The van der Waals surface area contributed by atoms with Crippen LogP contribution < -0.4 is 14.4 Å². The van der Waals surface area contributed by atoms with E-state index >= 15 is 0 Å². The van der Waals surface area contributed by atoms with Crippen molar-refractivity contribution in [2.45, 2.75) is 33.4 Å². The SMILES string of the molecule is CC(C)CNC(=O)[C@H](C)N(Cc1c(Cl)cccc1Cl)C(=O)CN(c1ccc(Oc2ccccc2)cc1)S(C)(=O)=O. The highest BCUT2D eigenvalue weighted by Gasteiger charge is 2.31. The molecule has 0 spiro atoms. The summed E-state index contributed by atoms with van der Waals surface area (Å²) < 4.78 is 32.4. The molecule has 40 heavy (non-hydrogen) atoms. The molecule has 0 bridgehead atoms. The molecule has 0 aliphatic rings. The van der Waals surface area contributed by atoms with Crippen LogP contribution in [-0.4, -0.2) is 50.5 Å². The maximum absolute atomic E-state index is 13.7. The fourth-order valence-corrected chi connectivity index (χ4v) is 5.17. The highest BCUT2D eigenvalue weighted by molar-refractivity contribution is 7.92. The lowest BCUT2D eigenvalue weighted by Crippen LogP contribution is -2.51. The first kappa shape index (κ1) is 31.3. The van der Waals surface area contributed by atoms with Crippen molar-refractivity contribution in [2.75, 3.05) is 23.7 Å². The van der Waals surface area contributed by atoms with E-state index < -0.39 is 28.5 Å². The van der Waals surface area contributed by atoms with E-state index in [9.17, 15) is 18.0 Å². The van der Waals surface area contributed by atoms with Crippen molar-refractivity contribution >= 4 is 50.7 Å². The molecule has 2 amide bonds. The summed E-state index contributed by atoms with van der Waals surface area (Å²) in [5.41, 5.74) is 0.722. The predicted octanol–water partition coefficient (Wildman–Crippen LogP) is 5.74. The van der Waals surface area contributed by atoms with Crippen LogP contribution >= 0.6 is 23.2 Å². The number of rotatable bonds is 12. The van der Waals surface area contributed by atoms with Gasteiger partial charge in [-0.05, 0) is 61.4 Å². The number of carbonyl (C=O) groups is 2. The molecule has 0 saturated carbocycles. The van der Waals surface area contributed by atoms with Crippen LogP contribution in [0.2, 0.25) is 10.0 Å². The number of carbonyl (C=O) groups excluding carboxylic acids is 2. The number of sulfonamides is 1. The fourth-order valence-electron chi connectivity index (χ4n) is 3.81. The number of nitrogens with zero attached hydrogens (tertiary/aromatic N) is 2. The van der Waals surface area contributed by atoms with Gasteiger partial charge in [-0.3, -0.25) is 13.9 Å². The Bertz CT molecular complexity index is 1400. The number of hydrogen-bond acceptors (Lipinski definition) is 5. The Morgan fingerprint density at radius 2 is 1.45 bits per heavy atom. The zero-order valence-electron chi connectivity index (χ0n) is 22.8. The van der Waals surface area contributed by atoms with E-state index in [4.69, 9.17) is 27.9 Å². The summed E-state index contributed by atoms with van der Waals surface area (Å²) >= 11 is 12.7. The molecular formula is C29H33Cl2N3O5S. The van der Waals surface area contributed by atoms with Crippen molar-refractivity contribution in [3.63, 3.8) is 0 Å². The van der Waals surface area contributed by atoms with E-state index in [0.717, 1.165) is 10.6 Å². The van der Waals surface area contributed by atoms with Crippen molar-refractivity contribution in [3.8, 4) is 11.5 Å². The third-order valence-electron chi connectivity index (χ3n) is 6.02. The minimum atomic E-state index is -3.88.